The zero-order chi connectivity index (χ0) is 14.9. The number of pyridine rings is 1. The Morgan fingerprint density at radius 2 is 2.30 bits per heavy atom. The first-order chi connectivity index (χ1) is 9.39. The van der Waals surface area contributed by atoms with Crippen molar-refractivity contribution in [2.45, 2.75) is 20.3 Å². The Hall–Kier alpha value is -2.18. The minimum Gasteiger partial charge on any atom is -0.469 e. The van der Waals surface area contributed by atoms with Crippen molar-refractivity contribution in [2.24, 2.45) is 5.41 Å². The molecule has 0 aromatic carbocycles. The van der Waals surface area contributed by atoms with E-state index in [9.17, 15) is 14.9 Å². The van der Waals surface area contributed by atoms with Crippen LogP contribution in [-0.4, -0.2) is 36.1 Å². The summed E-state index contributed by atoms with van der Waals surface area (Å²) in [6.45, 7) is 4.40. The van der Waals surface area contributed by atoms with Crippen LogP contribution in [0.5, 0.6) is 0 Å². The zero-order valence-corrected chi connectivity index (χ0v) is 11.8. The molecule has 1 aromatic rings. The van der Waals surface area contributed by atoms with Crippen molar-refractivity contribution in [3.8, 4) is 0 Å². The second-order valence-electron chi connectivity index (χ2n) is 5.28. The van der Waals surface area contributed by atoms with Crippen LogP contribution < -0.4 is 4.90 Å². The van der Waals surface area contributed by atoms with Crippen LogP contribution in [0.3, 0.4) is 0 Å². The minimum atomic E-state index is -0.645. The highest BCUT2D eigenvalue weighted by atomic mass is 16.6. The maximum atomic E-state index is 11.8. The van der Waals surface area contributed by atoms with Gasteiger partial charge in [-0.1, -0.05) is 0 Å². The normalized spacial score (nSPS) is 21.9. The third-order valence-corrected chi connectivity index (χ3v) is 3.74. The third kappa shape index (κ3) is 2.31. The summed E-state index contributed by atoms with van der Waals surface area (Å²) in [6, 6.07) is 1.61. The summed E-state index contributed by atoms with van der Waals surface area (Å²) < 4.78 is 4.80. The molecule has 2 rings (SSSR count). The smallest absolute Gasteiger partial charge is 0.314 e. The molecular weight excluding hydrogens is 262 g/mol. The van der Waals surface area contributed by atoms with Crippen molar-refractivity contribution in [1.29, 1.82) is 0 Å². The Bertz CT molecular complexity index is 561. The number of ether oxygens (including phenoxy) is 1. The Morgan fingerprint density at radius 3 is 2.90 bits per heavy atom. The van der Waals surface area contributed by atoms with E-state index in [4.69, 9.17) is 4.74 Å². The number of nitrogens with zero attached hydrogens (tertiary/aromatic N) is 3. The number of carbonyl (C=O) groups is 1. The van der Waals surface area contributed by atoms with Gasteiger partial charge in [0.2, 0.25) is 5.82 Å². The van der Waals surface area contributed by atoms with E-state index in [1.807, 2.05) is 0 Å². The number of aromatic nitrogens is 1. The van der Waals surface area contributed by atoms with Gasteiger partial charge in [-0.25, -0.2) is 4.98 Å². The standard InChI is InChI=1S/C13H17N3O4/c1-9-4-6-14-11(10(9)16(18)19)15-7-5-13(2,8-15)12(17)20-3/h4,6H,5,7-8H2,1-3H3. The highest BCUT2D eigenvalue weighted by Gasteiger charge is 2.43. The molecule has 7 nitrogen and oxygen atoms in total. The van der Waals surface area contributed by atoms with Crippen molar-refractivity contribution in [3.05, 3.63) is 27.9 Å². The van der Waals surface area contributed by atoms with Gasteiger partial charge in [0.1, 0.15) is 0 Å². The fourth-order valence-corrected chi connectivity index (χ4v) is 2.55. The monoisotopic (exact) mass is 279 g/mol. The molecule has 1 fully saturated rings. The van der Waals surface area contributed by atoms with E-state index in [1.54, 1.807) is 31.0 Å². The van der Waals surface area contributed by atoms with Crippen molar-refractivity contribution in [1.82, 2.24) is 4.98 Å². The number of aryl methyl sites for hydroxylation is 1. The van der Waals surface area contributed by atoms with Crippen LogP contribution in [0, 0.1) is 22.5 Å². The van der Waals surface area contributed by atoms with Gasteiger partial charge in [-0.2, -0.15) is 0 Å². The summed E-state index contributed by atoms with van der Waals surface area (Å²) in [5.74, 6) is 0.0259. The predicted molar refractivity (Wildman–Crippen MR) is 72.6 cm³/mol. The number of carbonyl (C=O) groups excluding carboxylic acids is 1. The van der Waals surface area contributed by atoms with Gasteiger partial charge in [0.25, 0.3) is 0 Å². The van der Waals surface area contributed by atoms with E-state index in [2.05, 4.69) is 4.98 Å². The van der Waals surface area contributed by atoms with Crippen LogP contribution >= 0.6 is 0 Å². The zero-order valence-electron chi connectivity index (χ0n) is 11.8. The van der Waals surface area contributed by atoms with Gasteiger partial charge in [0, 0.05) is 24.8 Å². The molecule has 2 heterocycles. The number of methoxy groups -OCH3 is 1. The molecule has 1 saturated heterocycles. The molecule has 1 aromatic heterocycles. The summed E-state index contributed by atoms with van der Waals surface area (Å²) in [5, 5.41) is 11.2. The van der Waals surface area contributed by atoms with Crippen LogP contribution in [0.4, 0.5) is 11.5 Å². The summed E-state index contributed by atoms with van der Waals surface area (Å²) in [5.41, 5.74) is -0.0816. The van der Waals surface area contributed by atoms with Crippen LogP contribution in [0.25, 0.3) is 0 Å². The highest BCUT2D eigenvalue weighted by Crippen LogP contribution is 2.37. The van der Waals surface area contributed by atoms with E-state index >= 15 is 0 Å². The average molecular weight is 279 g/mol. The molecule has 1 unspecified atom stereocenters. The molecule has 1 aliphatic heterocycles. The molecule has 1 atom stereocenters. The molecular formula is C13H17N3O4. The van der Waals surface area contributed by atoms with Crippen molar-refractivity contribution >= 4 is 17.5 Å². The Kier molecular flexibility index (Phi) is 3.61. The Morgan fingerprint density at radius 1 is 1.60 bits per heavy atom. The van der Waals surface area contributed by atoms with E-state index in [-0.39, 0.29) is 11.7 Å². The Balaban J connectivity index is 2.34. The maximum Gasteiger partial charge on any atom is 0.314 e. The lowest BCUT2D eigenvalue weighted by Crippen LogP contribution is -2.33. The average Bonchev–Trinajstić information content (AvgIpc) is 2.81. The molecule has 20 heavy (non-hydrogen) atoms. The molecule has 1 aliphatic rings. The topological polar surface area (TPSA) is 85.6 Å². The SMILES string of the molecule is COC(=O)C1(C)CCN(c2nccc(C)c2[N+](=O)[O-])C1. The molecule has 0 bridgehead atoms. The second-order valence-corrected chi connectivity index (χ2v) is 5.28. The number of rotatable bonds is 3. The lowest BCUT2D eigenvalue weighted by atomic mass is 9.90. The van der Waals surface area contributed by atoms with Gasteiger partial charge in [-0.15, -0.1) is 0 Å². The molecule has 0 amide bonds. The number of anilines is 1. The molecule has 0 N–H and O–H groups in total. The van der Waals surface area contributed by atoms with Gasteiger partial charge in [0.15, 0.2) is 0 Å². The quantitative estimate of drug-likeness (QED) is 0.475. The fraction of sp³-hybridized carbons (Fsp3) is 0.538. The number of hydrogen-bond donors (Lipinski definition) is 0. The van der Waals surface area contributed by atoms with Gasteiger partial charge >= 0.3 is 11.7 Å². The van der Waals surface area contributed by atoms with Crippen LogP contribution in [0.2, 0.25) is 0 Å². The van der Waals surface area contributed by atoms with Crippen molar-refractivity contribution in [3.63, 3.8) is 0 Å². The lowest BCUT2D eigenvalue weighted by Gasteiger charge is -2.22. The minimum absolute atomic E-state index is 0.00150. The molecule has 0 spiro atoms. The van der Waals surface area contributed by atoms with Crippen molar-refractivity contribution in [2.75, 3.05) is 25.1 Å². The highest BCUT2D eigenvalue weighted by molar-refractivity contribution is 5.78. The van der Waals surface area contributed by atoms with Crippen LogP contribution in [0.15, 0.2) is 12.3 Å². The molecule has 7 heteroatoms. The van der Waals surface area contributed by atoms with Gasteiger partial charge in [-0.05, 0) is 26.3 Å². The summed E-state index contributed by atoms with van der Waals surface area (Å²) in [4.78, 5) is 28.5. The Labute approximate surface area is 116 Å². The first-order valence-corrected chi connectivity index (χ1v) is 6.32. The first-order valence-electron chi connectivity index (χ1n) is 6.32. The number of esters is 1. The molecule has 108 valence electrons. The molecule has 0 saturated carbocycles. The van der Waals surface area contributed by atoms with Crippen LogP contribution in [0.1, 0.15) is 18.9 Å². The van der Waals surface area contributed by atoms with Gasteiger partial charge in [0.05, 0.1) is 17.4 Å². The summed E-state index contributed by atoms with van der Waals surface area (Å²) >= 11 is 0. The molecule has 0 aliphatic carbocycles. The number of nitro groups is 1. The summed E-state index contributed by atoms with van der Waals surface area (Å²) in [7, 11) is 1.35. The van der Waals surface area contributed by atoms with E-state index < -0.39 is 10.3 Å². The van der Waals surface area contributed by atoms with E-state index in [1.165, 1.54) is 7.11 Å². The van der Waals surface area contributed by atoms with Gasteiger partial charge in [-0.3, -0.25) is 14.9 Å². The lowest BCUT2D eigenvalue weighted by molar-refractivity contribution is -0.384. The van der Waals surface area contributed by atoms with E-state index in [0.717, 1.165) is 0 Å². The fourth-order valence-electron chi connectivity index (χ4n) is 2.55. The van der Waals surface area contributed by atoms with E-state index in [0.29, 0.717) is 30.9 Å². The third-order valence-electron chi connectivity index (χ3n) is 3.74. The summed E-state index contributed by atoms with van der Waals surface area (Å²) in [6.07, 6.45) is 2.14. The molecule has 0 radical (unpaired) electrons. The predicted octanol–water partition coefficient (Wildman–Crippen LogP) is 1.69. The van der Waals surface area contributed by atoms with Gasteiger partial charge < -0.3 is 9.64 Å². The van der Waals surface area contributed by atoms with Crippen molar-refractivity contribution < 1.29 is 14.5 Å². The number of hydrogen-bond acceptors (Lipinski definition) is 6. The maximum absolute atomic E-state index is 11.8. The second kappa shape index (κ2) is 5.07. The first kappa shape index (κ1) is 14.2. The van der Waals surface area contributed by atoms with Crippen LogP contribution in [-0.2, 0) is 9.53 Å². The largest absolute Gasteiger partial charge is 0.469 e.